The first-order chi connectivity index (χ1) is 11.1. The van der Waals surface area contributed by atoms with Crippen LogP contribution in [-0.2, 0) is 24.8 Å². The second-order valence-corrected chi connectivity index (χ2v) is 8.69. The van der Waals surface area contributed by atoms with Gasteiger partial charge in [-0.1, -0.05) is 30.3 Å². The summed E-state index contributed by atoms with van der Waals surface area (Å²) >= 11 is 0. The molecule has 1 aliphatic heterocycles. The van der Waals surface area contributed by atoms with E-state index < -0.39 is 15.7 Å². The van der Waals surface area contributed by atoms with Crippen LogP contribution in [0.4, 0.5) is 4.79 Å². The number of hydrogen-bond donors (Lipinski definition) is 0. The molecule has 0 radical (unpaired) electrons. The average Bonchev–Trinajstić information content (AvgIpc) is 2.93. The molecular weight excluding hydrogens is 330 g/mol. The molecule has 0 bridgehead atoms. The predicted molar refractivity (Wildman–Crippen MR) is 90.9 cm³/mol. The highest BCUT2D eigenvalue weighted by Crippen LogP contribution is 2.21. The van der Waals surface area contributed by atoms with Crippen molar-refractivity contribution in [1.82, 2.24) is 4.90 Å². The molecule has 134 valence electrons. The van der Waals surface area contributed by atoms with E-state index in [0.29, 0.717) is 25.1 Å². The Hall–Kier alpha value is -1.60. The molecule has 1 unspecified atom stereocenters. The number of benzene rings is 1. The lowest BCUT2D eigenvalue weighted by atomic mass is 10.1. The van der Waals surface area contributed by atoms with Crippen molar-refractivity contribution in [2.75, 3.05) is 19.7 Å². The summed E-state index contributed by atoms with van der Waals surface area (Å²) in [5, 5.41) is 0. The summed E-state index contributed by atoms with van der Waals surface area (Å²) in [6.07, 6.45) is 0.345. The van der Waals surface area contributed by atoms with Crippen LogP contribution in [0.2, 0.25) is 0 Å². The topological polar surface area (TPSA) is 72.9 Å². The molecule has 24 heavy (non-hydrogen) atoms. The maximum atomic E-state index is 12.0. The lowest BCUT2D eigenvalue weighted by Crippen LogP contribution is -2.35. The molecular formula is C17H25NO5S. The second kappa shape index (κ2) is 7.53. The predicted octanol–water partition coefficient (Wildman–Crippen LogP) is 2.79. The highest BCUT2D eigenvalue weighted by atomic mass is 32.2. The molecule has 1 aromatic carbocycles. The minimum atomic E-state index is -3.62. The molecule has 1 atom stereocenters. The van der Waals surface area contributed by atoms with Gasteiger partial charge < -0.3 is 9.64 Å². The molecule has 0 N–H and O–H groups in total. The molecule has 1 amide bonds. The zero-order valence-electron chi connectivity index (χ0n) is 14.4. The first kappa shape index (κ1) is 18.7. The minimum Gasteiger partial charge on any atom is -0.444 e. The zero-order chi connectivity index (χ0) is 17.8. The summed E-state index contributed by atoms with van der Waals surface area (Å²) in [4.78, 5) is 13.6. The standard InChI is InChI=1S/C17H25NO5S/c1-17(2,3)23-16(19)18-10-9-15(11-18)12-22-24(20,21)13-14-7-5-4-6-8-14/h4-8,15H,9-13H2,1-3H3. The van der Waals surface area contributed by atoms with E-state index in [1.54, 1.807) is 29.2 Å². The van der Waals surface area contributed by atoms with Crippen molar-refractivity contribution in [1.29, 1.82) is 0 Å². The summed E-state index contributed by atoms with van der Waals surface area (Å²) in [7, 11) is -3.62. The summed E-state index contributed by atoms with van der Waals surface area (Å²) < 4.78 is 34.5. The highest BCUT2D eigenvalue weighted by molar-refractivity contribution is 7.85. The fourth-order valence-electron chi connectivity index (χ4n) is 2.48. The quantitative estimate of drug-likeness (QED) is 0.760. The fraction of sp³-hybridized carbons (Fsp3) is 0.588. The molecule has 1 aliphatic rings. The van der Waals surface area contributed by atoms with Crippen molar-refractivity contribution in [3.63, 3.8) is 0 Å². The Balaban J connectivity index is 1.80. The Morgan fingerprint density at radius 2 is 1.92 bits per heavy atom. The van der Waals surface area contributed by atoms with Crippen LogP contribution in [0.25, 0.3) is 0 Å². The Morgan fingerprint density at radius 1 is 1.25 bits per heavy atom. The van der Waals surface area contributed by atoms with Gasteiger partial charge in [0.05, 0.1) is 6.61 Å². The number of hydrogen-bond acceptors (Lipinski definition) is 5. The van der Waals surface area contributed by atoms with Gasteiger partial charge in [-0.15, -0.1) is 0 Å². The van der Waals surface area contributed by atoms with Crippen LogP contribution in [0.15, 0.2) is 30.3 Å². The normalized spacial score (nSPS) is 18.6. The van der Waals surface area contributed by atoms with Crippen LogP contribution in [0, 0.1) is 5.92 Å². The van der Waals surface area contributed by atoms with Crippen LogP contribution in [0.1, 0.15) is 32.8 Å². The third-order valence-corrected chi connectivity index (χ3v) is 4.79. The van der Waals surface area contributed by atoms with Gasteiger partial charge in [0.1, 0.15) is 11.4 Å². The molecule has 0 aliphatic carbocycles. The van der Waals surface area contributed by atoms with Crippen molar-refractivity contribution < 1.29 is 22.1 Å². The molecule has 2 rings (SSSR count). The van der Waals surface area contributed by atoms with E-state index in [1.807, 2.05) is 26.8 Å². The number of carbonyl (C=O) groups excluding carboxylic acids is 1. The van der Waals surface area contributed by atoms with Gasteiger partial charge in [-0.2, -0.15) is 8.42 Å². The highest BCUT2D eigenvalue weighted by Gasteiger charge is 2.30. The maximum Gasteiger partial charge on any atom is 0.410 e. The number of amides is 1. The largest absolute Gasteiger partial charge is 0.444 e. The van der Waals surface area contributed by atoms with Gasteiger partial charge in [-0.3, -0.25) is 4.18 Å². The van der Waals surface area contributed by atoms with Crippen LogP contribution >= 0.6 is 0 Å². The first-order valence-corrected chi connectivity index (χ1v) is 9.61. The SMILES string of the molecule is CC(C)(C)OC(=O)N1CCC(COS(=O)(=O)Cc2ccccc2)C1. The minimum absolute atomic E-state index is 0.00284. The molecule has 1 fully saturated rings. The summed E-state index contributed by atoms with van der Waals surface area (Å²) in [5.41, 5.74) is 0.157. The van der Waals surface area contributed by atoms with E-state index in [-0.39, 0.29) is 24.4 Å². The van der Waals surface area contributed by atoms with E-state index in [9.17, 15) is 13.2 Å². The molecule has 1 saturated heterocycles. The molecule has 0 aromatic heterocycles. The summed E-state index contributed by atoms with van der Waals surface area (Å²) in [5.74, 6) is -0.140. The van der Waals surface area contributed by atoms with Gasteiger partial charge >= 0.3 is 6.09 Å². The molecule has 6 nitrogen and oxygen atoms in total. The van der Waals surface area contributed by atoms with Crippen LogP contribution in [-0.4, -0.2) is 44.7 Å². The van der Waals surface area contributed by atoms with Gasteiger partial charge in [-0.05, 0) is 32.8 Å². The first-order valence-electron chi connectivity index (χ1n) is 8.03. The van der Waals surface area contributed by atoms with Crippen LogP contribution < -0.4 is 0 Å². The monoisotopic (exact) mass is 355 g/mol. The number of ether oxygens (including phenoxy) is 1. The van der Waals surface area contributed by atoms with Gasteiger partial charge in [0.25, 0.3) is 10.1 Å². The van der Waals surface area contributed by atoms with Crippen molar-refractivity contribution in [2.45, 2.75) is 38.5 Å². The number of carbonyl (C=O) groups is 1. The average molecular weight is 355 g/mol. The Labute approximate surface area is 143 Å². The van der Waals surface area contributed by atoms with E-state index in [1.165, 1.54) is 0 Å². The van der Waals surface area contributed by atoms with Crippen LogP contribution in [0.5, 0.6) is 0 Å². The van der Waals surface area contributed by atoms with Gasteiger partial charge in [0, 0.05) is 19.0 Å². The van der Waals surface area contributed by atoms with Crippen molar-refractivity contribution in [3.8, 4) is 0 Å². The molecule has 1 heterocycles. The number of rotatable bonds is 5. The number of likely N-dealkylation sites (tertiary alicyclic amines) is 1. The van der Waals surface area contributed by atoms with E-state index >= 15 is 0 Å². The fourth-order valence-corrected chi connectivity index (χ4v) is 3.56. The van der Waals surface area contributed by atoms with Gasteiger partial charge in [-0.25, -0.2) is 4.79 Å². The maximum absolute atomic E-state index is 12.0. The third kappa shape index (κ3) is 6.13. The molecule has 0 saturated carbocycles. The van der Waals surface area contributed by atoms with E-state index in [0.717, 1.165) is 0 Å². The Kier molecular flexibility index (Phi) is 5.87. The van der Waals surface area contributed by atoms with Gasteiger partial charge in [0.15, 0.2) is 0 Å². The summed E-state index contributed by atoms with van der Waals surface area (Å²) in [6.45, 7) is 6.55. The zero-order valence-corrected chi connectivity index (χ0v) is 15.2. The lowest BCUT2D eigenvalue weighted by molar-refractivity contribution is 0.0285. The second-order valence-electron chi connectivity index (χ2n) is 7.05. The van der Waals surface area contributed by atoms with Crippen molar-refractivity contribution in [2.24, 2.45) is 5.92 Å². The van der Waals surface area contributed by atoms with Crippen LogP contribution in [0.3, 0.4) is 0 Å². The van der Waals surface area contributed by atoms with E-state index in [2.05, 4.69) is 0 Å². The summed E-state index contributed by atoms with van der Waals surface area (Å²) in [6, 6.07) is 8.92. The molecule has 1 aromatic rings. The number of nitrogens with zero attached hydrogens (tertiary/aromatic N) is 1. The smallest absolute Gasteiger partial charge is 0.410 e. The lowest BCUT2D eigenvalue weighted by Gasteiger charge is -2.24. The Bertz CT molecular complexity index is 651. The molecule has 0 spiro atoms. The van der Waals surface area contributed by atoms with Crippen molar-refractivity contribution >= 4 is 16.2 Å². The Morgan fingerprint density at radius 3 is 2.54 bits per heavy atom. The molecule has 7 heteroatoms. The third-order valence-electron chi connectivity index (χ3n) is 3.61. The van der Waals surface area contributed by atoms with Gasteiger partial charge in [0.2, 0.25) is 0 Å². The van der Waals surface area contributed by atoms with E-state index in [4.69, 9.17) is 8.92 Å². The van der Waals surface area contributed by atoms with Crippen molar-refractivity contribution in [3.05, 3.63) is 35.9 Å².